The number of esters is 1. The van der Waals surface area contributed by atoms with E-state index in [1.807, 2.05) is 60.7 Å². The van der Waals surface area contributed by atoms with Gasteiger partial charge in [-0.05, 0) is 11.6 Å². The van der Waals surface area contributed by atoms with Crippen molar-refractivity contribution >= 4 is 34.0 Å². The molecule has 0 saturated carbocycles. The van der Waals surface area contributed by atoms with E-state index in [4.69, 9.17) is 9.72 Å². The van der Waals surface area contributed by atoms with E-state index in [-0.39, 0.29) is 5.75 Å². The topological polar surface area (TPSA) is 91.3 Å². The molecule has 172 valence electrons. The third kappa shape index (κ3) is 4.95. The minimum Gasteiger partial charge on any atom is -0.616 e. The summed E-state index contributed by atoms with van der Waals surface area (Å²) in [4.78, 5) is 31.2. The van der Waals surface area contributed by atoms with Gasteiger partial charge in [0, 0.05) is 16.5 Å². The van der Waals surface area contributed by atoms with E-state index in [9.17, 15) is 14.1 Å². The van der Waals surface area contributed by atoms with Gasteiger partial charge in [0.25, 0.3) is 5.91 Å². The number of nitrogens with one attached hydrogen (secondary N) is 1. The number of carbonyl (C=O) groups is 2. The van der Waals surface area contributed by atoms with E-state index in [2.05, 4.69) is 5.32 Å². The number of pyridine rings is 1. The Kier molecular flexibility index (Phi) is 7.25. The highest BCUT2D eigenvalue weighted by atomic mass is 32.2. The summed E-state index contributed by atoms with van der Waals surface area (Å²) < 4.78 is 17.3. The quantitative estimate of drug-likeness (QED) is 0.318. The molecular formula is C27H24N2O4S. The van der Waals surface area contributed by atoms with Crippen LogP contribution in [0.2, 0.25) is 0 Å². The van der Waals surface area contributed by atoms with E-state index >= 15 is 0 Å². The third-order valence-electron chi connectivity index (χ3n) is 5.46. The summed E-state index contributed by atoms with van der Waals surface area (Å²) in [5.74, 6) is -0.906. The molecule has 0 spiro atoms. The maximum absolute atomic E-state index is 13.8. The van der Waals surface area contributed by atoms with Crippen LogP contribution in [0.15, 0.2) is 84.9 Å². The Morgan fingerprint density at radius 3 is 2.24 bits per heavy atom. The number of rotatable bonds is 7. The molecule has 4 rings (SSSR count). The fourth-order valence-corrected chi connectivity index (χ4v) is 4.62. The summed E-state index contributed by atoms with van der Waals surface area (Å²) in [6.07, 6.45) is 1.59. The minimum absolute atomic E-state index is 0.138. The van der Waals surface area contributed by atoms with Crippen molar-refractivity contribution in [1.29, 1.82) is 0 Å². The Morgan fingerprint density at radius 2 is 1.59 bits per heavy atom. The fraction of sp³-hybridized carbons (Fsp3) is 0.148. The van der Waals surface area contributed by atoms with Crippen molar-refractivity contribution < 1.29 is 18.9 Å². The number of ether oxygens (including phenoxy) is 1. The van der Waals surface area contributed by atoms with Gasteiger partial charge >= 0.3 is 5.97 Å². The Labute approximate surface area is 201 Å². The highest BCUT2D eigenvalue weighted by Gasteiger charge is 2.29. The lowest BCUT2D eigenvalue weighted by Gasteiger charge is -2.21. The number of benzene rings is 3. The molecule has 1 aromatic heterocycles. The predicted octanol–water partition coefficient (Wildman–Crippen LogP) is 4.42. The van der Waals surface area contributed by atoms with Gasteiger partial charge in [0.15, 0.2) is 6.04 Å². The molecular weight excluding hydrogens is 448 g/mol. The van der Waals surface area contributed by atoms with Gasteiger partial charge in [0.05, 0.1) is 30.1 Å². The number of methoxy groups -OCH3 is 1. The molecule has 0 aliphatic heterocycles. The second-order valence-electron chi connectivity index (χ2n) is 7.75. The van der Waals surface area contributed by atoms with Crippen LogP contribution in [0, 0.1) is 0 Å². The van der Waals surface area contributed by atoms with Gasteiger partial charge in [-0.2, -0.15) is 0 Å². The molecule has 1 amide bonds. The molecule has 2 atom stereocenters. The largest absolute Gasteiger partial charge is 0.616 e. The SMILES string of the molecule is COC(=O)C(NC(=O)c1c(C[S+](C)[O-])c(-c2ccccc2)nc2ccccc12)c1ccccc1. The van der Waals surface area contributed by atoms with Gasteiger partial charge in [-0.25, -0.2) is 9.78 Å². The third-order valence-corrected chi connectivity index (χ3v) is 6.16. The monoisotopic (exact) mass is 472 g/mol. The molecule has 0 aliphatic rings. The number of amides is 1. The van der Waals surface area contributed by atoms with Gasteiger partial charge in [-0.15, -0.1) is 0 Å². The van der Waals surface area contributed by atoms with E-state index in [0.29, 0.717) is 33.3 Å². The maximum atomic E-state index is 13.8. The Balaban J connectivity index is 1.91. The van der Waals surface area contributed by atoms with Crippen LogP contribution in [-0.4, -0.2) is 34.8 Å². The van der Waals surface area contributed by atoms with Crippen molar-refractivity contribution in [2.24, 2.45) is 0 Å². The summed E-state index contributed by atoms with van der Waals surface area (Å²) in [5.41, 5.74) is 3.56. The molecule has 0 saturated heterocycles. The molecule has 0 radical (unpaired) electrons. The van der Waals surface area contributed by atoms with Gasteiger partial charge in [-0.1, -0.05) is 90.0 Å². The molecule has 6 nitrogen and oxygen atoms in total. The highest BCUT2D eigenvalue weighted by Crippen LogP contribution is 2.32. The van der Waals surface area contributed by atoms with Crippen LogP contribution in [0.4, 0.5) is 0 Å². The number of aromatic nitrogens is 1. The van der Waals surface area contributed by atoms with Crippen LogP contribution in [0.3, 0.4) is 0 Å². The number of nitrogens with zero attached hydrogens (tertiary/aromatic N) is 1. The smallest absolute Gasteiger partial charge is 0.333 e. The summed E-state index contributed by atoms with van der Waals surface area (Å²) in [7, 11) is 1.28. The lowest BCUT2D eigenvalue weighted by Crippen LogP contribution is -2.35. The summed E-state index contributed by atoms with van der Waals surface area (Å²) in [6.45, 7) is 0. The van der Waals surface area contributed by atoms with Gasteiger partial charge in [-0.3, -0.25) is 4.79 Å². The van der Waals surface area contributed by atoms with Crippen LogP contribution in [-0.2, 0) is 26.5 Å². The van der Waals surface area contributed by atoms with Crippen LogP contribution in [0.5, 0.6) is 0 Å². The number of para-hydroxylation sites is 1. The zero-order valence-electron chi connectivity index (χ0n) is 18.9. The molecule has 0 aliphatic carbocycles. The predicted molar refractivity (Wildman–Crippen MR) is 134 cm³/mol. The molecule has 2 unspecified atom stereocenters. The van der Waals surface area contributed by atoms with E-state index in [1.54, 1.807) is 30.5 Å². The Bertz CT molecular complexity index is 1310. The molecule has 7 heteroatoms. The maximum Gasteiger partial charge on any atom is 0.333 e. The molecule has 4 aromatic rings. The molecule has 3 aromatic carbocycles. The van der Waals surface area contributed by atoms with Gasteiger partial charge < -0.3 is 14.6 Å². The summed E-state index contributed by atoms with van der Waals surface area (Å²) in [5, 5.41) is 3.47. The number of carbonyl (C=O) groups excluding carboxylic acids is 2. The van der Waals surface area contributed by atoms with Gasteiger partial charge in [0.2, 0.25) is 0 Å². The van der Waals surface area contributed by atoms with E-state index in [1.165, 1.54) is 7.11 Å². The van der Waals surface area contributed by atoms with Crippen LogP contribution in [0.1, 0.15) is 27.5 Å². The first-order valence-electron chi connectivity index (χ1n) is 10.7. The normalized spacial score (nSPS) is 12.7. The second-order valence-corrected chi connectivity index (χ2v) is 9.19. The fourth-order valence-electron chi connectivity index (χ4n) is 3.93. The lowest BCUT2D eigenvalue weighted by atomic mass is 9.96. The number of hydrogen-bond acceptors (Lipinski definition) is 5. The summed E-state index contributed by atoms with van der Waals surface area (Å²) in [6, 6.07) is 24.7. The van der Waals surface area contributed by atoms with Crippen molar-refractivity contribution in [3.63, 3.8) is 0 Å². The first-order chi connectivity index (χ1) is 16.5. The van der Waals surface area contributed by atoms with Crippen LogP contribution >= 0.6 is 0 Å². The Hall–Kier alpha value is -3.68. The molecule has 1 N–H and O–H groups in total. The Morgan fingerprint density at radius 1 is 0.971 bits per heavy atom. The van der Waals surface area contributed by atoms with E-state index < -0.39 is 29.1 Å². The molecule has 1 heterocycles. The van der Waals surface area contributed by atoms with Crippen molar-refractivity contribution in [1.82, 2.24) is 10.3 Å². The molecule has 0 fully saturated rings. The van der Waals surface area contributed by atoms with Crippen molar-refractivity contribution in [3.8, 4) is 11.3 Å². The standard InChI is InChI=1S/C27H24N2O4S/c1-33-27(31)25(19-13-7-4-8-14-19)29-26(30)23-20-15-9-10-16-22(20)28-24(21(23)17-34(2)32)18-11-5-3-6-12-18/h3-16,25H,17H2,1-2H3,(H,29,30). The zero-order valence-corrected chi connectivity index (χ0v) is 19.7. The van der Waals surface area contributed by atoms with Crippen LogP contribution in [0.25, 0.3) is 22.2 Å². The first-order valence-corrected chi connectivity index (χ1v) is 12.4. The summed E-state index contributed by atoms with van der Waals surface area (Å²) >= 11 is -1.24. The average Bonchev–Trinajstić information content (AvgIpc) is 2.87. The van der Waals surface area contributed by atoms with Crippen molar-refractivity contribution in [2.45, 2.75) is 11.8 Å². The molecule has 0 bridgehead atoms. The average molecular weight is 473 g/mol. The van der Waals surface area contributed by atoms with Crippen LogP contribution < -0.4 is 5.32 Å². The van der Waals surface area contributed by atoms with Gasteiger partial charge in [0.1, 0.15) is 5.75 Å². The number of hydrogen-bond donors (Lipinski definition) is 1. The zero-order chi connectivity index (χ0) is 24.1. The second kappa shape index (κ2) is 10.5. The first kappa shape index (κ1) is 23.5. The number of fused-ring (bicyclic) bond motifs is 1. The lowest BCUT2D eigenvalue weighted by molar-refractivity contribution is -0.143. The highest BCUT2D eigenvalue weighted by molar-refractivity contribution is 7.89. The van der Waals surface area contributed by atoms with E-state index in [0.717, 1.165) is 5.56 Å². The minimum atomic E-state index is -1.24. The molecule has 34 heavy (non-hydrogen) atoms. The van der Waals surface area contributed by atoms with Crippen molar-refractivity contribution in [2.75, 3.05) is 13.4 Å². The van der Waals surface area contributed by atoms with Crippen molar-refractivity contribution in [3.05, 3.63) is 102 Å².